The van der Waals surface area contributed by atoms with Gasteiger partial charge in [-0.05, 0) is 44.9 Å². The molecular weight excluding hydrogens is 510 g/mol. The zero-order chi connectivity index (χ0) is 25.8. The fourth-order valence-corrected chi connectivity index (χ4v) is 6.68. The van der Waals surface area contributed by atoms with Crippen LogP contribution in [0.15, 0.2) is 33.7 Å². The van der Waals surface area contributed by atoms with E-state index in [-0.39, 0.29) is 18.1 Å². The Bertz CT molecular complexity index is 1410. The Morgan fingerprint density at radius 2 is 1.95 bits per heavy atom. The molecule has 3 aromatic rings. The highest BCUT2D eigenvalue weighted by atomic mass is 35.5. The maximum absolute atomic E-state index is 9.12. The van der Waals surface area contributed by atoms with Crippen LogP contribution in [0.2, 0.25) is 5.02 Å². The summed E-state index contributed by atoms with van der Waals surface area (Å²) in [5, 5.41) is 27.7. The number of fused-ring (bicyclic) bond motifs is 3. The topological polar surface area (TPSA) is 115 Å². The molecule has 2 bridgehead atoms. The number of halogens is 1. The first kappa shape index (κ1) is 24.4. The number of benzene rings is 1. The van der Waals surface area contributed by atoms with Gasteiger partial charge < -0.3 is 9.15 Å². The van der Waals surface area contributed by atoms with E-state index >= 15 is 0 Å². The van der Waals surface area contributed by atoms with Gasteiger partial charge >= 0.3 is 0 Å². The molecular formula is C26H28ClN7O2S. The maximum atomic E-state index is 9.12. The van der Waals surface area contributed by atoms with Gasteiger partial charge in [0.1, 0.15) is 22.7 Å². The Hall–Kier alpha value is -2.92. The molecule has 2 aromatic heterocycles. The van der Waals surface area contributed by atoms with E-state index in [1.807, 2.05) is 24.3 Å². The first-order valence-corrected chi connectivity index (χ1v) is 13.5. The fourth-order valence-electron chi connectivity index (χ4n) is 5.33. The summed E-state index contributed by atoms with van der Waals surface area (Å²) in [6, 6.07) is 7.40. The van der Waals surface area contributed by atoms with Crippen molar-refractivity contribution in [2.24, 2.45) is 4.99 Å². The third-order valence-electron chi connectivity index (χ3n) is 7.33. The number of likely N-dealkylation sites (tertiary alicyclic amines) is 1. The summed E-state index contributed by atoms with van der Waals surface area (Å²) >= 11 is 7.76. The normalized spacial score (nSPS) is 23.4. The lowest BCUT2D eigenvalue weighted by molar-refractivity contribution is 0.0240. The smallest absolute Gasteiger partial charge is 0.230 e. The average molecular weight is 538 g/mol. The van der Waals surface area contributed by atoms with Crippen LogP contribution in [0.4, 0.5) is 5.00 Å². The number of nitrogens with one attached hydrogen (secondary N) is 2. The lowest BCUT2D eigenvalue weighted by Gasteiger charge is -2.25. The maximum Gasteiger partial charge on any atom is 0.230 e. The highest BCUT2D eigenvalue weighted by Gasteiger charge is 2.40. The second-order valence-electron chi connectivity index (χ2n) is 9.84. The molecule has 3 aliphatic heterocycles. The van der Waals surface area contributed by atoms with Gasteiger partial charge in [-0.1, -0.05) is 23.7 Å². The van der Waals surface area contributed by atoms with Crippen molar-refractivity contribution in [3.8, 4) is 0 Å². The number of amidine groups is 2. The van der Waals surface area contributed by atoms with Gasteiger partial charge in [0.05, 0.1) is 31.4 Å². The molecule has 3 aliphatic rings. The van der Waals surface area contributed by atoms with Gasteiger partial charge in [-0.15, -0.1) is 21.5 Å². The Labute approximate surface area is 224 Å². The number of ether oxygens (including phenoxy) is 1. The second-order valence-corrected chi connectivity index (χ2v) is 11.5. The molecule has 5 heterocycles. The monoisotopic (exact) mass is 537 g/mol. The molecule has 0 aliphatic carbocycles. The molecule has 0 saturated carbocycles. The lowest BCUT2D eigenvalue weighted by Crippen LogP contribution is -2.40. The molecule has 0 radical (unpaired) electrons. The van der Waals surface area contributed by atoms with E-state index < -0.39 is 6.04 Å². The zero-order valence-electron chi connectivity index (χ0n) is 20.9. The first-order chi connectivity index (χ1) is 17.8. The van der Waals surface area contributed by atoms with E-state index in [1.54, 1.807) is 23.2 Å². The van der Waals surface area contributed by atoms with Crippen LogP contribution >= 0.6 is 22.9 Å². The van der Waals surface area contributed by atoms with Crippen LogP contribution in [0.25, 0.3) is 0 Å². The predicted octanol–water partition coefficient (Wildman–Crippen LogP) is 4.62. The molecule has 2 saturated heterocycles. The van der Waals surface area contributed by atoms with Gasteiger partial charge in [0, 0.05) is 33.6 Å². The number of aliphatic imine (C=N–C) groups is 1. The second kappa shape index (κ2) is 9.43. The zero-order valence-corrected chi connectivity index (χ0v) is 22.5. The predicted molar refractivity (Wildman–Crippen MR) is 145 cm³/mol. The average Bonchev–Trinajstić information content (AvgIpc) is 3.63. The van der Waals surface area contributed by atoms with E-state index in [0.29, 0.717) is 35.5 Å². The van der Waals surface area contributed by atoms with Crippen LogP contribution in [0, 0.1) is 24.7 Å². The van der Waals surface area contributed by atoms with Crippen LogP contribution in [0.1, 0.15) is 46.7 Å². The van der Waals surface area contributed by atoms with Crippen LogP contribution in [-0.2, 0) is 17.7 Å². The summed E-state index contributed by atoms with van der Waals surface area (Å²) in [5.41, 5.74) is 3.73. The summed E-state index contributed by atoms with van der Waals surface area (Å²) in [5.74, 6) is 1.48. The molecule has 2 N–H and O–H groups in total. The number of aryl methyl sites for hydroxylation is 1. The Balaban J connectivity index is 1.35. The van der Waals surface area contributed by atoms with Crippen molar-refractivity contribution < 1.29 is 9.15 Å². The third-order valence-corrected chi connectivity index (χ3v) is 8.77. The molecule has 2 unspecified atom stereocenters. The number of rotatable bonds is 5. The first-order valence-electron chi connectivity index (χ1n) is 12.3. The molecule has 37 heavy (non-hydrogen) atoms. The van der Waals surface area contributed by atoms with Crippen molar-refractivity contribution in [1.82, 2.24) is 15.1 Å². The molecule has 11 heteroatoms. The summed E-state index contributed by atoms with van der Waals surface area (Å²) in [6.07, 6.45) is 1.64. The summed E-state index contributed by atoms with van der Waals surface area (Å²) < 4.78 is 11.7. The van der Waals surface area contributed by atoms with Gasteiger partial charge in [-0.2, -0.15) is 0 Å². The molecule has 6 rings (SSSR count). The standard InChI is InChI=1S/C26H28ClN7O2S/c1-13-14(2)37-26-23(13)24(16-4-6-17(27)7-5-16)30-20(25(29)34(26)15(3)28)9-21-31-32-22(36-21)11-33-10-19-8-18(33)12-35-19/h4-7,18-20,28-29H,8-12H2,1-3H3/t18?,19?,20-/m0/s1. The van der Waals surface area contributed by atoms with Crippen molar-refractivity contribution in [1.29, 1.82) is 10.8 Å². The molecule has 9 nitrogen and oxygen atoms in total. The Morgan fingerprint density at radius 1 is 1.19 bits per heavy atom. The quantitative estimate of drug-likeness (QED) is 0.362. The molecule has 2 fully saturated rings. The minimum Gasteiger partial charge on any atom is -0.424 e. The fraction of sp³-hybridized carbons (Fsp3) is 0.423. The van der Waals surface area contributed by atoms with Crippen molar-refractivity contribution in [2.75, 3.05) is 18.1 Å². The molecule has 0 amide bonds. The highest BCUT2D eigenvalue weighted by Crippen LogP contribution is 2.40. The van der Waals surface area contributed by atoms with Crippen molar-refractivity contribution in [2.45, 2.75) is 58.3 Å². The Morgan fingerprint density at radius 3 is 2.62 bits per heavy atom. The number of aromatic nitrogens is 2. The van der Waals surface area contributed by atoms with E-state index in [0.717, 1.165) is 51.9 Å². The van der Waals surface area contributed by atoms with E-state index in [9.17, 15) is 0 Å². The summed E-state index contributed by atoms with van der Waals surface area (Å²) in [6.45, 7) is 8.07. The molecule has 1 aromatic carbocycles. The molecule has 0 spiro atoms. The van der Waals surface area contributed by atoms with Gasteiger partial charge in [-0.25, -0.2) is 0 Å². The number of thiophene rings is 1. The number of anilines is 1. The third kappa shape index (κ3) is 4.41. The molecule has 192 valence electrons. The van der Waals surface area contributed by atoms with Crippen molar-refractivity contribution >= 4 is 45.3 Å². The van der Waals surface area contributed by atoms with Crippen molar-refractivity contribution in [3.63, 3.8) is 0 Å². The van der Waals surface area contributed by atoms with Gasteiger partial charge in [0.15, 0.2) is 0 Å². The number of hydrogen-bond donors (Lipinski definition) is 2. The van der Waals surface area contributed by atoms with Crippen molar-refractivity contribution in [3.05, 3.63) is 62.6 Å². The number of nitrogens with zero attached hydrogens (tertiary/aromatic N) is 5. The van der Waals surface area contributed by atoms with Crippen LogP contribution < -0.4 is 4.90 Å². The number of hydrogen-bond acceptors (Lipinski definition) is 9. The van der Waals surface area contributed by atoms with Gasteiger partial charge in [0.25, 0.3) is 0 Å². The summed E-state index contributed by atoms with van der Waals surface area (Å²) in [4.78, 5) is 10.3. The SMILES string of the molecule is CC(=N)N1C(=N)[C@H](Cc2nnc(CN3CC4CC3CO4)o2)N=C(c2ccc(Cl)cc2)c2c1sc(C)c2C. The van der Waals surface area contributed by atoms with Crippen LogP contribution in [-0.4, -0.2) is 63.8 Å². The van der Waals surface area contributed by atoms with Gasteiger partial charge in [-0.3, -0.25) is 25.6 Å². The minimum absolute atomic E-state index is 0.215. The largest absolute Gasteiger partial charge is 0.424 e. The number of morpholine rings is 1. The Kier molecular flexibility index (Phi) is 6.22. The van der Waals surface area contributed by atoms with Gasteiger partial charge in [0.2, 0.25) is 11.8 Å². The highest BCUT2D eigenvalue weighted by molar-refractivity contribution is 7.17. The van der Waals surface area contributed by atoms with E-state index in [1.165, 1.54) is 0 Å². The summed E-state index contributed by atoms with van der Waals surface area (Å²) in [7, 11) is 0. The van der Waals surface area contributed by atoms with Crippen LogP contribution in [0.5, 0.6) is 0 Å². The minimum atomic E-state index is -0.602. The van der Waals surface area contributed by atoms with E-state index in [4.69, 9.17) is 36.6 Å². The molecule has 3 atom stereocenters. The van der Waals surface area contributed by atoms with E-state index in [2.05, 4.69) is 28.9 Å². The lowest BCUT2D eigenvalue weighted by atomic mass is 9.99. The van der Waals surface area contributed by atoms with Crippen LogP contribution in [0.3, 0.4) is 0 Å².